The fourth-order valence-electron chi connectivity index (χ4n) is 1.15. The molecule has 0 N–H and O–H groups in total. The Kier molecular flexibility index (Phi) is 3.74. The minimum atomic E-state index is 0.706. The first-order valence-electron chi connectivity index (χ1n) is 4.38. The van der Waals surface area contributed by atoms with Gasteiger partial charge in [0.05, 0.1) is 0 Å². The summed E-state index contributed by atoms with van der Waals surface area (Å²) < 4.78 is 0. The van der Waals surface area contributed by atoms with Gasteiger partial charge in [0.15, 0.2) is 0 Å². The molecule has 60 valence electrons. The van der Waals surface area contributed by atoms with Crippen LogP contribution in [0.25, 0.3) is 0 Å². The highest BCUT2D eigenvalue weighted by Gasteiger charge is 1.91. The van der Waals surface area contributed by atoms with Crippen LogP contribution in [0, 0.1) is 5.92 Å². The highest BCUT2D eigenvalue weighted by Crippen LogP contribution is 2.07. The van der Waals surface area contributed by atoms with Gasteiger partial charge in [-0.1, -0.05) is 43.4 Å². The molecule has 0 spiro atoms. The first kappa shape index (κ1) is 8.32. The van der Waals surface area contributed by atoms with E-state index in [1.165, 1.54) is 19.3 Å². The lowest BCUT2D eigenvalue weighted by Gasteiger charge is -2.00. The lowest BCUT2D eigenvalue weighted by atomic mass is 10.1. The van der Waals surface area contributed by atoms with Gasteiger partial charge in [-0.05, 0) is 25.2 Å². The van der Waals surface area contributed by atoms with Gasteiger partial charge in [-0.2, -0.15) is 0 Å². The number of hydrogen-bond donors (Lipinski definition) is 0. The lowest BCUT2D eigenvalue weighted by molar-refractivity contribution is 0.739. The molecule has 0 heteroatoms. The van der Waals surface area contributed by atoms with Gasteiger partial charge in [0.2, 0.25) is 0 Å². The minimum absolute atomic E-state index is 0.706. The van der Waals surface area contributed by atoms with Gasteiger partial charge in [0.25, 0.3) is 0 Å². The Balaban J connectivity index is 2.49. The third kappa shape index (κ3) is 3.82. The van der Waals surface area contributed by atoms with Gasteiger partial charge in [0, 0.05) is 0 Å². The van der Waals surface area contributed by atoms with Crippen LogP contribution in [0.5, 0.6) is 0 Å². The number of rotatable bonds is 0. The van der Waals surface area contributed by atoms with Crippen LogP contribution in [0.1, 0.15) is 26.2 Å². The topological polar surface area (TPSA) is 0 Å². The van der Waals surface area contributed by atoms with Crippen LogP contribution in [0.2, 0.25) is 0 Å². The molecule has 1 atom stereocenters. The lowest BCUT2D eigenvalue weighted by Crippen LogP contribution is -1.86. The fraction of sp³-hybridized carbons (Fsp3) is 0.455. The van der Waals surface area contributed by atoms with E-state index in [0.29, 0.717) is 5.92 Å². The van der Waals surface area contributed by atoms with E-state index in [-0.39, 0.29) is 0 Å². The highest BCUT2D eigenvalue weighted by molar-refractivity contribution is 5.05. The van der Waals surface area contributed by atoms with Crippen LogP contribution in [0.4, 0.5) is 0 Å². The van der Waals surface area contributed by atoms with E-state index in [1.54, 1.807) is 0 Å². The first-order chi connectivity index (χ1) is 5.39. The quantitative estimate of drug-likeness (QED) is 0.461. The summed E-state index contributed by atoms with van der Waals surface area (Å²) in [5.41, 5.74) is 0. The van der Waals surface area contributed by atoms with Crippen molar-refractivity contribution in [3.05, 3.63) is 36.5 Å². The molecule has 1 unspecified atom stereocenters. The maximum absolute atomic E-state index is 2.31. The molecule has 0 saturated heterocycles. The molecule has 0 bridgehead atoms. The largest absolute Gasteiger partial charge is 0.0880 e. The molecular formula is C11H16. The van der Waals surface area contributed by atoms with Crippen molar-refractivity contribution in [2.24, 2.45) is 5.92 Å². The smallest absolute Gasteiger partial charge is 0.0227 e. The Morgan fingerprint density at radius 3 is 2.64 bits per heavy atom. The molecule has 0 fully saturated rings. The summed E-state index contributed by atoms with van der Waals surface area (Å²) in [6.07, 6.45) is 16.9. The first-order valence-corrected chi connectivity index (χ1v) is 4.38. The van der Waals surface area contributed by atoms with E-state index >= 15 is 0 Å². The standard InChI is InChI=1S/C11H16/c1-11-9-7-5-3-2-4-6-8-10-11/h2-3,5,7-8,10-11H,4,6,9H2,1H3. The monoisotopic (exact) mass is 148 g/mol. The molecule has 1 aliphatic carbocycles. The third-order valence-electron chi connectivity index (χ3n) is 1.86. The minimum Gasteiger partial charge on any atom is -0.0880 e. The summed E-state index contributed by atoms with van der Waals surface area (Å²) in [6.45, 7) is 2.26. The molecule has 11 heavy (non-hydrogen) atoms. The van der Waals surface area contributed by atoms with Gasteiger partial charge in [0.1, 0.15) is 0 Å². The Morgan fingerprint density at radius 2 is 1.73 bits per heavy atom. The molecule has 0 heterocycles. The van der Waals surface area contributed by atoms with Crippen molar-refractivity contribution in [2.75, 3.05) is 0 Å². The van der Waals surface area contributed by atoms with Gasteiger partial charge < -0.3 is 0 Å². The second-order valence-corrected chi connectivity index (χ2v) is 3.07. The molecule has 0 aromatic carbocycles. The van der Waals surface area contributed by atoms with Crippen LogP contribution in [-0.2, 0) is 0 Å². The maximum Gasteiger partial charge on any atom is -0.0227 e. The molecule has 0 saturated carbocycles. The average molecular weight is 148 g/mol. The van der Waals surface area contributed by atoms with Crippen molar-refractivity contribution in [1.82, 2.24) is 0 Å². The predicted octanol–water partition coefficient (Wildman–Crippen LogP) is 3.48. The summed E-state index contributed by atoms with van der Waals surface area (Å²) >= 11 is 0. The number of hydrogen-bond acceptors (Lipinski definition) is 0. The van der Waals surface area contributed by atoms with Crippen molar-refractivity contribution in [2.45, 2.75) is 26.2 Å². The zero-order chi connectivity index (χ0) is 7.94. The zero-order valence-corrected chi connectivity index (χ0v) is 7.16. The van der Waals surface area contributed by atoms with Gasteiger partial charge in [-0.25, -0.2) is 0 Å². The molecule has 1 aliphatic rings. The summed E-state index contributed by atoms with van der Waals surface area (Å²) in [7, 11) is 0. The van der Waals surface area contributed by atoms with Crippen molar-refractivity contribution < 1.29 is 0 Å². The van der Waals surface area contributed by atoms with Crippen molar-refractivity contribution in [1.29, 1.82) is 0 Å². The summed E-state index contributed by atoms with van der Waals surface area (Å²) in [6, 6.07) is 0. The maximum atomic E-state index is 2.31. The molecule has 0 amide bonds. The fourth-order valence-corrected chi connectivity index (χ4v) is 1.15. The average Bonchev–Trinajstić information content (AvgIpc) is 2.03. The zero-order valence-electron chi connectivity index (χ0n) is 7.16. The van der Waals surface area contributed by atoms with Crippen LogP contribution < -0.4 is 0 Å². The third-order valence-corrected chi connectivity index (χ3v) is 1.86. The molecule has 1 rings (SSSR count). The molecule has 0 radical (unpaired) electrons. The summed E-state index contributed by atoms with van der Waals surface area (Å²) in [5, 5.41) is 0. The van der Waals surface area contributed by atoms with Gasteiger partial charge in [-0.3, -0.25) is 0 Å². The Labute approximate surface area is 69.3 Å². The Bertz CT molecular complexity index is 172. The summed E-state index contributed by atoms with van der Waals surface area (Å²) in [4.78, 5) is 0. The van der Waals surface area contributed by atoms with Crippen LogP contribution >= 0.6 is 0 Å². The second-order valence-electron chi connectivity index (χ2n) is 3.07. The van der Waals surface area contributed by atoms with E-state index in [0.717, 1.165) is 0 Å². The van der Waals surface area contributed by atoms with Crippen LogP contribution in [0.3, 0.4) is 0 Å². The molecule has 0 nitrogen and oxygen atoms in total. The number of allylic oxidation sites excluding steroid dienone is 6. The van der Waals surface area contributed by atoms with E-state index < -0.39 is 0 Å². The van der Waals surface area contributed by atoms with Crippen molar-refractivity contribution in [3.63, 3.8) is 0 Å². The van der Waals surface area contributed by atoms with Crippen LogP contribution in [0.15, 0.2) is 36.5 Å². The van der Waals surface area contributed by atoms with Crippen molar-refractivity contribution in [3.8, 4) is 0 Å². The predicted molar refractivity (Wildman–Crippen MR) is 50.4 cm³/mol. The molecule has 0 aromatic heterocycles. The summed E-state index contributed by atoms with van der Waals surface area (Å²) in [5.74, 6) is 0.706. The Morgan fingerprint density at radius 1 is 1.00 bits per heavy atom. The molecule has 0 aromatic rings. The van der Waals surface area contributed by atoms with E-state index in [4.69, 9.17) is 0 Å². The van der Waals surface area contributed by atoms with Gasteiger partial charge >= 0.3 is 0 Å². The van der Waals surface area contributed by atoms with Crippen LogP contribution in [-0.4, -0.2) is 0 Å². The normalized spacial score (nSPS) is 25.4. The SMILES string of the molecule is CC1C=CCCC=CC=CC1. The highest BCUT2D eigenvalue weighted by atomic mass is 14.0. The van der Waals surface area contributed by atoms with E-state index in [1.807, 2.05) is 0 Å². The van der Waals surface area contributed by atoms with Crippen molar-refractivity contribution >= 4 is 0 Å². The molecule has 0 aliphatic heterocycles. The van der Waals surface area contributed by atoms with Gasteiger partial charge in [-0.15, -0.1) is 0 Å². The second kappa shape index (κ2) is 4.95. The van der Waals surface area contributed by atoms with E-state index in [2.05, 4.69) is 43.4 Å². The van der Waals surface area contributed by atoms with E-state index in [9.17, 15) is 0 Å². The Hall–Kier alpha value is -0.780. The molecular weight excluding hydrogens is 132 g/mol.